The van der Waals surface area contributed by atoms with E-state index in [4.69, 9.17) is 22.1 Å². The summed E-state index contributed by atoms with van der Waals surface area (Å²) in [5.41, 5.74) is 6.76. The highest BCUT2D eigenvalue weighted by atomic mass is 35.5. The van der Waals surface area contributed by atoms with E-state index in [9.17, 15) is 8.42 Å². The van der Waals surface area contributed by atoms with Crippen LogP contribution in [0.1, 0.15) is 11.8 Å². The molecule has 10 heteroatoms. The molecule has 3 aromatic rings. The molecule has 0 saturated heterocycles. The first-order valence-corrected chi connectivity index (χ1v) is 9.65. The number of nitrogens with one attached hydrogen (secondary N) is 1. The van der Waals surface area contributed by atoms with Gasteiger partial charge in [-0.15, -0.1) is 0 Å². The summed E-state index contributed by atoms with van der Waals surface area (Å²) in [6.07, 6.45) is 0.540. The molecule has 1 heterocycles. The van der Waals surface area contributed by atoms with Crippen molar-refractivity contribution < 1.29 is 13.2 Å². The van der Waals surface area contributed by atoms with Crippen molar-refractivity contribution in [3.8, 4) is 5.75 Å². The maximum atomic E-state index is 12.3. The first-order valence-electron chi connectivity index (χ1n) is 7.02. The number of aromatic nitrogens is 2. The van der Waals surface area contributed by atoms with Gasteiger partial charge >= 0.3 is 0 Å². The Bertz CT molecular complexity index is 950. The third-order valence-corrected chi connectivity index (χ3v) is 5.52. The molecule has 0 radical (unpaired) electrons. The number of hydrogen-bond acceptors (Lipinski definition) is 7. The smallest absolute Gasteiger partial charge is 0.263 e. The lowest BCUT2D eigenvalue weighted by Crippen LogP contribution is -2.17. The lowest BCUT2D eigenvalue weighted by molar-refractivity contribution is 0.214. The fraction of sp³-hybridized carbons (Fsp3) is 0.0667. The van der Waals surface area contributed by atoms with Crippen LogP contribution in [-0.2, 0) is 10.0 Å². The van der Waals surface area contributed by atoms with Crippen molar-refractivity contribution in [1.29, 1.82) is 0 Å². The highest BCUT2D eigenvalue weighted by molar-refractivity contribution is 7.93. The molecule has 3 N–H and O–H groups in total. The maximum absolute atomic E-state index is 12.3. The highest BCUT2D eigenvalue weighted by Crippen LogP contribution is 2.30. The second-order valence-electron chi connectivity index (χ2n) is 4.89. The fourth-order valence-electron chi connectivity index (χ4n) is 1.98. The van der Waals surface area contributed by atoms with E-state index in [1.165, 1.54) is 24.5 Å². The van der Waals surface area contributed by atoms with Crippen molar-refractivity contribution in [1.82, 2.24) is 9.36 Å². The van der Waals surface area contributed by atoms with Crippen LogP contribution in [0.5, 0.6) is 5.75 Å². The zero-order valence-electron chi connectivity index (χ0n) is 12.7. The normalized spacial score (nSPS) is 12.6. The van der Waals surface area contributed by atoms with Crippen molar-refractivity contribution in [2.24, 2.45) is 5.73 Å². The molecule has 0 bridgehead atoms. The van der Waals surface area contributed by atoms with Crippen LogP contribution in [-0.4, -0.2) is 17.8 Å². The second kappa shape index (κ2) is 7.36. The molecule has 0 aliphatic heterocycles. The number of nitrogens with two attached hydrogens (primary N) is 1. The van der Waals surface area contributed by atoms with Gasteiger partial charge in [-0.25, -0.2) is 13.4 Å². The second-order valence-corrected chi connectivity index (χ2v) is 7.76. The molecule has 130 valence electrons. The number of rotatable bonds is 6. The number of sulfonamides is 1. The number of ether oxygens (including phenoxy) is 1. The molecule has 0 aliphatic rings. The van der Waals surface area contributed by atoms with Gasteiger partial charge in [0.05, 0.1) is 9.92 Å². The van der Waals surface area contributed by atoms with Crippen molar-refractivity contribution in [2.45, 2.75) is 11.1 Å². The third kappa shape index (κ3) is 4.26. The monoisotopic (exact) mass is 396 g/mol. The Labute approximate surface area is 153 Å². The van der Waals surface area contributed by atoms with Crippen molar-refractivity contribution in [3.05, 3.63) is 65.4 Å². The predicted molar refractivity (Wildman–Crippen MR) is 96.2 cm³/mol. The first kappa shape index (κ1) is 17.6. The summed E-state index contributed by atoms with van der Waals surface area (Å²) in [7, 11) is -3.82. The van der Waals surface area contributed by atoms with Gasteiger partial charge < -0.3 is 4.74 Å². The Kier molecular flexibility index (Phi) is 5.19. The van der Waals surface area contributed by atoms with E-state index < -0.39 is 16.3 Å². The number of hydrogen-bond donors (Lipinski definition) is 2. The van der Waals surface area contributed by atoms with Gasteiger partial charge in [0, 0.05) is 17.1 Å². The Balaban J connectivity index is 1.79. The van der Waals surface area contributed by atoms with E-state index in [0.29, 0.717) is 0 Å². The average Bonchev–Trinajstić information content (AvgIpc) is 3.09. The molecule has 1 aromatic heterocycles. The van der Waals surface area contributed by atoms with E-state index in [1.54, 1.807) is 0 Å². The number of benzene rings is 2. The van der Waals surface area contributed by atoms with Gasteiger partial charge in [-0.1, -0.05) is 41.9 Å². The summed E-state index contributed by atoms with van der Waals surface area (Å²) in [4.78, 5) is 3.76. The first-order chi connectivity index (χ1) is 12.0. The van der Waals surface area contributed by atoms with Crippen LogP contribution in [0.25, 0.3) is 0 Å². The summed E-state index contributed by atoms with van der Waals surface area (Å²) in [5, 5.41) is 0.300. The predicted octanol–water partition coefficient (Wildman–Crippen LogP) is 3.03. The van der Waals surface area contributed by atoms with Crippen molar-refractivity contribution in [2.75, 3.05) is 4.72 Å². The lowest BCUT2D eigenvalue weighted by Gasteiger charge is -2.16. The zero-order chi connectivity index (χ0) is 17.9. The lowest BCUT2D eigenvalue weighted by atomic mass is 10.2. The van der Waals surface area contributed by atoms with Crippen LogP contribution in [0.15, 0.2) is 59.8 Å². The zero-order valence-corrected chi connectivity index (χ0v) is 15.1. The molecule has 1 atom stereocenters. The number of halogens is 1. The Morgan fingerprint density at radius 3 is 2.60 bits per heavy atom. The average molecular weight is 397 g/mol. The van der Waals surface area contributed by atoms with Gasteiger partial charge in [0.2, 0.25) is 5.13 Å². The summed E-state index contributed by atoms with van der Waals surface area (Å²) < 4.78 is 36.3. The van der Waals surface area contributed by atoms with Gasteiger partial charge in [-0.2, -0.15) is 4.37 Å². The summed E-state index contributed by atoms with van der Waals surface area (Å²) >= 11 is 7.08. The van der Waals surface area contributed by atoms with Crippen molar-refractivity contribution in [3.63, 3.8) is 0 Å². The molecule has 0 spiro atoms. The molecule has 7 nitrogen and oxygen atoms in total. The largest absolute Gasteiger partial charge is 0.470 e. The minimum absolute atomic E-state index is 0.0201. The summed E-state index contributed by atoms with van der Waals surface area (Å²) in [6.45, 7) is 0. The molecular weight excluding hydrogens is 384 g/mol. The molecule has 0 unspecified atom stereocenters. The molecule has 0 amide bonds. The van der Waals surface area contributed by atoms with Crippen LogP contribution in [0.2, 0.25) is 5.02 Å². The minimum atomic E-state index is -3.82. The van der Waals surface area contributed by atoms with E-state index in [0.717, 1.165) is 17.1 Å². The highest BCUT2D eigenvalue weighted by Gasteiger charge is 2.18. The molecule has 0 saturated carbocycles. The standard InChI is InChI=1S/C15H13ClN4O3S2/c16-12-8-11(25(21,22)20-15-18-9-19-24-15)6-7-13(12)23-14(17)10-4-2-1-3-5-10/h1-9,14H,17H2,(H,18,19,20)/t14-/m1/s1. The minimum Gasteiger partial charge on any atom is -0.470 e. The third-order valence-electron chi connectivity index (χ3n) is 3.18. The van der Waals surface area contributed by atoms with Crippen molar-refractivity contribution >= 4 is 38.3 Å². The molecule has 2 aromatic carbocycles. The molecular formula is C15H13ClN4O3S2. The number of nitrogens with zero attached hydrogens (tertiary/aromatic N) is 2. The van der Waals surface area contributed by atoms with E-state index >= 15 is 0 Å². The van der Waals surface area contributed by atoms with Crippen LogP contribution >= 0.6 is 23.1 Å². The molecule has 0 fully saturated rings. The van der Waals surface area contributed by atoms with E-state index in [-0.39, 0.29) is 20.8 Å². The van der Waals surface area contributed by atoms with Gasteiger partial charge in [0.25, 0.3) is 10.0 Å². The van der Waals surface area contributed by atoms with Gasteiger partial charge in [-0.05, 0) is 18.2 Å². The van der Waals surface area contributed by atoms with Gasteiger partial charge in [0.1, 0.15) is 12.1 Å². The van der Waals surface area contributed by atoms with Gasteiger partial charge in [0.15, 0.2) is 6.23 Å². The van der Waals surface area contributed by atoms with E-state index in [1.807, 2.05) is 30.3 Å². The topological polar surface area (TPSA) is 107 Å². The van der Waals surface area contributed by atoms with E-state index in [2.05, 4.69) is 14.1 Å². The molecule has 3 rings (SSSR count). The quantitative estimate of drug-likeness (QED) is 0.620. The summed E-state index contributed by atoms with van der Waals surface area (Å²) in [5.74, 6) is 0.285. The Morgan fingerprint density at radius 1 is 1.20 bits per heavy atom. The van der Waals surface area contributed by atoms with Crippen LogP contribution in [0, 0.1) is 0 Å². The SMILES string of the molecule is N[C@H](Oc1ccc(S(=O)(=O)Nc2ncns2)cc1Cl)c1ccccc1. The van der Waals surface area contributed by atoms with Gasteiger partial charge in [-0.3, -0.25) is 10.5 Å². The molecule has 0 aliphatic carbocycles. The molecule has 25 heavy (non-hydrogen) atoms. The van der Waals surface area contributed by atoms with Crippen LogP contribution < -0.4 is 15.2 Å². The number of anilines is 1. The Hall–Kier alpha value is -2.20. The fourth-order valence-corrected chi connectivity index (χ4v) is 3.96. The van der Waals surface area contributed by atoms with Crippen LogP contribution in [0.3, 0.4) is 0 Å². The van der Waals surface area contributed by atoms with Crippen LogP contribution in [0.4, 0.5) is 5.13 Å². The summed E-state index contributed by atoms with van der Waals surface area (Å²) in [6, 6.07) is 13.3. The maximum Gasteiger partial charge on any atom is 0.263 e. The Morgan fingerprint density at radius 2 is 1.96 bits per heavy atom.